The third-order valence-electron chi connectivity index (χ3n) is 4.40. The van der Waals surface area contributed by atoms with E-state index in [0.717, 1.165) is 24.4 Å². The van der Waals surface area contributed by atoms with Crippen LogP contribution in [0, 0.1) is 12.8 Å². The Bertz CT molecular complexity index is 363. The smallest absolute Gasteiger partial charge is 0.0661 e. The number of rotatable bonds is 4. The van der Waals surface area contributed by atoms with Crippen molar-refractivity contribution < 1.29 is 5.11 Å². The second-order valence-corrected chi connectivity index (χ2v) is 5.78. The molecule has 2 heteroatoms. The van der Waals surface area contributed by atoms with Crippen LogP contribution in [0.2, 0.25) is 0 Å². The van der Waals surface area contributed by atoms with Crippen LogP contribution in [-0.4, -0.2) is 17.3 Å². The summed E-state index contributed by atoms with van der Waals surface area (Å²) in [6.45, 7) is 4.60. The Morgan fingerprint density at radius 3 is 2.33 bits per heavy atom. The van der Waals surface area contributed by atoms with Crippen LogP contribution in [0.4, 0.5) is 5.69 Å². The van der Waals surface area contributed by atoms with Gasteiger partial charge in [0.15, 0.2) is 0 Å². The van der Waals surface area contributed by atoms with Crippen molar-refractivity contribution in [1.29, 1.82) is 0 Å². The van der Waals surface area contributed by atoms with Gasteiger partial charge in [0, 0.05) is 5.69 Å². The third-order valence-corrected chi connectivity index (χ3v) is 4.40. The number of anilines is 1. The van der Waals surface area contributed by atoms with Gasteiger partial charge in [0.2, 0.25) is 0 Å². The van der Waals surface area contributed by atoms with Crippen LogP contribution in [-0.2, 0) is 0 Å². The zero-order valence-corrected chi connectivity index (χ0v) is 11.6. The zero-order valence-electron chi connectivity index (χ0n) is 11.6. The topological polar surface area (TPSA) is 32.3 Å². The van der Waals surface area contributed by atoms with E-state index < -0.39 is 0 Å². The van der Waals surface area contributed by atoms with E-state index in [4.69, 9.17) is 0 Å². The molecule has 0 bridgehead atoms. The summed E-state index contributed by atoms with van der Waals surface area (Å²) in [4.78, 5) is 0. The predicted molar refractivity (Wildman–Crippen MR) is 76.9 cm³/mol. The van der Waals surface area contributed by atoms with Crippen molar-refractivity contribution in [2.24, 2.45) is 5.92 Å². The molecule has 18 heavy (non-hydrogen) atoms. The van der Waals surface area contributed by atoms with Crippen LogP contribution < -0.4 is 5.32 Å². The molecule has 2 N–H and O–H groups in total. The van der Waals surface area contributed by atoms with Crippen molar-refractivity contribution in [2.75, 3.05) is 11.9 Å². The van der Waals surface area contributed by atoms with Gasteiger partial charge in [-0.15, -0.1) is 0 Å². The van der Waals surface area contributed by atoms with E-state index >= 15 is 0 Å². The van der Waals surface area contributed by atoms with Gasteiger partial charge in [-0.3, -0.25) is 0 Å². The Kier molecular flexibility index (Phi) is 4.28. The second-order valence-electron chi connectivity index (χ2n) is 5.78. The van der Waals surface area contributed by atoms with Crippen LogP contribution in [0.1, 0.15) is 44.6 Å². The fraction of sp³-hybridized carbons (Fsp3) is 0.625. The van der Waals surface area contributed by atoms with Gasteiger partial charge in [0.05, 0.1) is 12.1 Å². The van der Waals surface area contributed by atoms with Gasteiger partial charge in [-0.2, -0.15) is 0 Å². The number of hydrogen-bond acceptors (Lipinski definition) is 2. The van der Waals surface area contributed by atoms with Crippen molar-refractivity contribution >= 4 is 5.69 Å². The Morgan fingerprint density at radius 1 is 1.22 bits per heavy atom. The zero-order chi connectivity index (χ0) is 13.0. The van der Waals surface area contributed by atoms with Gasteiger partial charge in [-0.05, 0) is 50.7 Å². The fourth-order valence-corrected chi connectivity index (χ4v) is 2.90. The van der Waals surface area contributed by atoms with Crippen molar-refractivity contribution in [3.63, 3.8) is 0 Å². The summed E-state index contributed by atoms with van der Waals surface area (Å²) < 4.78 is 0. The van der Waals surface area contributed by atoms with Gasteiger partial charge in [-0.1, -0.05) is 31.0 Å². The first-order valence-corrected chi connectivity index (χ1v) is 7.13. The summed E-state index contributed by atoms with van der Waals surface area (Å²) in [7, 11) is 0. The van der Waals surface area contributed by atoms with Crippen molar-refractivity contribution in [2.45, 2.75) is 51.5 Å². The molecule has 2 nitrogen and oxygen atoms in total. The Balaban J connectivity index is 2.03. The van der Waals surface area contributed by atoms with Crippen LogP contribution in [0.3, 0.4) is 0 Å². The van der Waals surface area contributed by atoms with Crippen molar-refractivity contribution in [3.8, 4) is 0 Å². The highest BCUT2D eigenvalue weighted by Gasteiger charge is 2.34. The average molecular weight is 247 g/mol. The number of nitrogens with one attached hydrogen (secondary N) is 1. The minimum atomic E-state index is -0.0963. The normalized spacial score (nSPS) is 28.1. The van der Waals surface area contributed by atoms with Gasteiger partial charge >= 0.3 is 0 Å². The third kappa shape index (κ3) is 3.05. The predicted octanol–water partition coefficient (Wildman–Crippen LogP) is 3.74. The molecule has 0 atom stereocenters. The summed E-state index contributed by atoms with van der Waals surface area (Å²) in [6.07, 6.45) is 5.89. The van der Waals surface area contributed by atoms with Crippen LogP contribution in [0.15, 0.2) is 24.3 Å². The number of aliphatic hydroxyl groups is 1. The molecule has 0 spiro atoms. The Labute approximate surface area is 110 Å². The van der Waals surface area contributed by atoms with Crippen LogP contribution in [0.25, 0.3) is 0 Å². The van der Waals surface area contributed by atoms with Gasteiger partial charge < -0.3 is 10.4 Å². The minimum Gasteiger partial charge on any atom is -0.394 e. The maximum Gasteiger partial charge on any atom is 0.0661 e. The number of benzene rings is 1. The summed E-state index contributed by atoms with van der Waals surface area (Å²) in [6, 6.07) is 8.45. The molecule has 0 saturated heterocycles. The standard InChI is InChI=1S/C16H25NO/c1-3-14-8-10-16(12-18,11-9-14)17-15-6-4-13(2)5-7-15/h4-7,14,17-18H,3,8-12H2,1-2H3. The lowest BCUT2D eigenvalue weighted by Gasteiger charge is -2.40. The molecule has 0 unspecified atom stereocenters. The highest BCUT2D eigenvalue weighted by Crippen LogP contribution is 2.35. The maximum absolute atomic E-state index is 9.75. The summed E-state index contributed by atoms with van der Waals surface area (Å²) >= 11 is 0. The monoisotopic (exact) mass is 247 g/mol. The lowest BCUT2D eigenvalue weighted by atomic mass is 9.76. The summed E-state index contributed by atoms with van der Waals surface area (Å²) in [5, 5.41) is 13.3. The molecule has 1 aliphatic carbocycles. The first-order chi connectivity index (χ1) is 8.67. The highest BCUT2D eigenvalue weighted by atomic mass is 16.3. The maximum atomic E-state index is 9.75. The van der Waals surface area contributed by atoms with Crippen molar-refractivity contribution in [3.05, 3.63) is 29.8 Å². The minimum absolute atomic E-state index is 0.0963. The number of hydrogen-bond donors (Lipinski definition) is 2. The van der Waals surface area contributed by atoms with E-state index in [1.807, 2.05) is 0 Å². The van der Waals surface area contributed by atoms with Crippen LogP contribution >= 0.6 is 0 Å². The summed E-state index contributed by atoms with van der Waals surface area (Å²) in [5.41, 5.74) is 2.30. The molecular weight excluding hydrogens is 222 g/mol. The van der Waals surface area contributed by atoms with Crippen LogP contribution in [0.5, 0.6) is 0 Å². The molecule has 2 rings (SSSR count). The molecule has 1 saturated carbocycles. The van der Waals surface area contributed by atoms with Gasteiger partial charge in [-0.25, -0.2) is 0 Å². The highest BCUT2D eigenvalue weighted by molar-refractivity contribution is 5.47. The molecule has 1 aromatic carbocycles. The molecule has 1 aromatic rings. The quantitative estimate of drug-likeness (QED) is 0.849. The van der Waals surface area contributed by atoms with E-state index in [0.29, 0.717) is 0 Å². The molecule has 0 amide bonds. The SMILES string of the molecule is CCC1CCC(CO)(Nc2ccc(C)cc2)CC1. The van der Waals surface area contributed by atoms with Gasteiger partial charge in [0.25, 0.3) is 0 Å². The van der Waals surface area contributed by atoms with E-state index in [-0.39, 0.29) is 12.1 Å². The molecule has 1 aliphatic rings. The Morgan fingerprint density at radius 2 is 1.83 bits per heavy atom. The molecule has 0 aromatic heterocycles. The molecule has 0 heterocycles. The Hall–Kier alpha value is -1.02. The lowest BCUT2D eigenvalue weighted by molar-refractivity contribution is 0.150. The van der Waals surface area contributed by atoms with E-state index in [2.05, 4.69) is 43.4 Å². The lowest BCUT2D eigenvalue weighted by Crippen LogP contribution is -2.45. The molecule has 1 fully saturated rings. The van der Waals surface area contributed by atoms with E-state index in [1.165, 1.54) is 24.8 Å². The number of aliphatic hydroxyl groups excluding tert-OH is 1. The van der Waals surface area contributed by atoms with E-state index in [9.17, 15) is 5.11 Å². The molecular formula is C16H25NO. The molecule has 0 radical (unpaired) electrons. The molecule has 0 aliphatic heterocycles. The fourth-order valence-electron chi connectivity index (χ4n) is 2.90. The summed E-state index contributed by atoms with van der Waals surface area (Å²) in [5.74, 6) is 0.851. The largest absolute Gasteiger partial charge is 0.394 e. The number of aryl methyl sites for hydroxylation is 1. The van der Waals surface area contributed by atoms with Crippen molar-refractivity contribution in [1.82, 2.24) is 0 Å². The van der Waals surface area contributed by atoms with Gasteiger partial charge in [0.1, 0.15) is 0 Å². The average Bonchev–Trinajstić information content (AvgIpc) is 2.42. The molecule has 100 valence electrons. The first-order valence-electron chi connectivity index (χ1n) is 7.13. The van der Waals surface area contributed by atoms with E-state index in [1.54, 1.807) is 0 Å². The second kappa shape index (κ2) is 5.75. The first kappa shape index (κ1) is 13.4.